The average molecular weight is 326 g/mol. The van der Waals surface area contributed by atoms with Crippen LogP contribution in [0.25, 0.3) is 22.0 Å². The largest absolute Gasteiger partial charge is 0.508 e. The number of nitrogens with zero attached hydrogens (tertiary/aromatic N) is 1. The summed E-state index contributed by atoms with van der Waals surface area (Å²) in [6, 6.07) is 7.06. The van der Waals surface area contributed by atoms with E-state index in [1.807, 2.05) is 25.3 Å². The second kappa shape index (κ2) is 6.01. The number of aromatic nitrogens is 2. The van der Waals surface area contributed by atoms with Crippen LogP contribution in [-0.4, -0.2) is 20.9 Å². The molecular weight excluding hydrogens is 308 g/mol. The number of hydrogen-bond donors (Lipinski definition) is 2. The van der Waals surface area contributed by atoms with E-state index in [4.69, 9.17) is 0 Å². The van der Waals surface area contributed by atoms with Gasteiger partial charge in [-0.15, -0.1) is 11.3 Å². The summed E-state index contributed by atoms with van der Waals surface area (Å²) in [5.41, 5.74) is 5.31. The lowest BCUT2D eigenvalue weighted by atomic mass is 10.0. The highest BCUT2D eigenvalue weighted by Gasteiger charge is 2.20. The van der Waals surface area contributed by atoms with Crippen molar-refractivity contribution in [1.29, 1.82) is 0 Å². The lowest BCUT2D eigenvalue weighted by molar-refractivity contribution is 0.101. The normalized spacial score (nSPS) is 10.9. The van der Waals surface area contributed by atoms with Crippen LogP contribution < -0.4 is 0 Å². The van der Waals surface area contributed by atoms with E-state index in [-0.39, 0.29) is 11.5 Å². The number of nitrogens with one attached hydrogen (secondary N) is 1. The van der Waals surface area contributed by atoms with E-state index in [0.29, 0.717) is 0 Å². The van der Waals surface area contributed by atoms with Gasteiger partial charge < -0.3 is 10.1 Å². The number of benzene rings is 1. The molecule has 2 N–H and O–H groups in total. The van der Waals surface area contributed by atoms with Crippen LogP contribution in [0.2, 0.25) is 0 Å². The Hall–Kier alpha value is -2.40. The lowest BCUT2D eigenvalue weighted by Crippen LogP contribution is -1.97. The first-order valence-electron chi connectivity index (χ1n) is 7.49. The van der Waals surface area contributed by atoms with Gasteiger partial charge in [0.25, 0.3) is 0 Å². The van der Waals surface area contributed by atoms with Crippen molar-refractivity contribution < 1.29 is 9.90 Å². The molecule has 5 heteroatoms. The lowest BCUT2D eigenvalue weighted by Gasteiger charge is -2.01. The van der Waals surface area contributed by atoms with Crippen LogP contribution >= 0.6 is 11.3 Å². The zero-order valence-electron chi connectivity index (χ0n) is 13.3. The molecule has 4 nitrogen and oxygen atoms in total. The molecule has 2 aromatic heterocycles. The Morgan fingerprint density at radius 2 is 2.17 bits per heavy atom. The Labute approximate surface area is 138 Å². The van der Waals surface area contributed by atoms with Crippen molar-refractivity contribution in [2.24, 2.45) is 0 Å². The predicted octanol–water partition coefficient (Wildman–Crippen LogP) is 4.58. The molecule has 3 rings (SSSR count). The summed E-state index contributed by atoms with van der Waals surface area (Å²) in [6.07, 6.45) is 0.771. The summed E-state index contributed by atoms with van der Waals surface area (Å²) >= 11 is 1.52. The number of hydrogen-bond acceptors (Lipinski definition) is 4. The van der Waals surface area contributed by atoms with Crippen LogP contribution in [-0.2, 0) is 6.42 Å². The molecule has 0 aliphatic carbocycles. The highest BCUT2D eigenvalue weighted by Crippen LogP contribution is 2.33. The van der Waals surface area contributed by atoms with Crippen molar-refractivity contribution in [2.75, 3.05) is 0 Å². The molecule has 23 heavy (non-hydrogen) atoms. The summed E-state index contributed by atoms with van der Waals surface area (Å²) in [6.45, 7) is 5.56. The predicted molar refractivity (Wildman–Crippen MR) is 93.1 cm³/mol. The Bertz CT molecular complexity index is 877. The van der Waals surface area contributed by atoms with Gasteiger partial charge in [-0.2, -0.15) is 0 Å². The van der Waals surface area contributed by atoms with Crippen LogP contribution in [0.15, 0.2) is 29.6 Å². The Balaban J connectivity index is 2.08. The monoisotopic (exact) mass is 326 g/mol. The molecule has 2 heterocycles. The molecule has 0 amide bonds. The smallest absolute Gasteiger partial charge is 0.161 e. The molecule has 3 aromatic rings. The Morgan fingerprint density at radius 1 is 1.39 bits per heavy atom. The first-order valence-corrected chi connectivity index (χ1v) is 8.37. The minimum absolute atomic E-state index is 0.0743. The van der Waals surface area contributed by atoms with Gasteiger partial charge in [-0.1, -0.05) is 19.1 Å². The van der Waals surface area contributed by atoms with Crippen LogP contribution in [0, 0.1) is 6.92 Å². The van der Waals surface area contributed by atoms with Crippen molar-refractivity contribution in [1.82, 2.24) is 9.97 Å². The summed E-state index contributed by atoms with van der Waals surface area (Å²) < 4.78 is 0. The van der Waals surface area contributed by atoms with Crippen molar-refractivity contribution in [2.45, 2.75) is 27.2 Å². The fourth-order valence-electron chi connectivity index (χ4n) is 2.89. The zero-order valence-corrected chi connectivity index (χ0v) is 14.1. The highest BCUT2D eigenvalue weighted by molar-refractivity contribution is 7.13. The Morgan fingerprint density at radius 3 is 2.83 bits per heavy atom. The number of H-pyrrole nitrogens is 1. The van der Waals surface area contributed by atoms with Gasteiger partial charge in [0, 0.05) is 22.2 Å². The summed E-state index contributed by atoms with van der Waals surface area (Å²) in [4.78, 5) is 19.9. The number of Topliss-reactive ketones (excluding diaryl/α,β-unsaturated/α-hetero) is 1. The van der Waals surface area contributed by atoms with Crippen molar-refractivity contribution in [3.05, 3.63) is 46.5 Å². The number of phenols is 1. The molecule has 0 fully saturated rings. The van der Waals surface area contributed by atoms with E-state index in [1.54, 1.807) is 25.1 Å². The van der Waals surface area contributed by atoms with Crippen molar-refractivity contribution in [3.63, 3.8) is 0 Å². The van der Waals surface area contributed by atoms with Crippen LogP contribution in [0.4, 0.5) is 0 Å². The van der Waals surface area contributed by atoms with E-state index in [9.17, 15) is 9.90 Å². The fourth-order valence-corrected chi connectivity index (χ4v) is 3.69. The molecule has 118 valence electrons. The third-order valence-corrected chi connectivity index (χ3v) is 4.74. The molecular formula is C18H18N2O2S. The van der Waals surface area contributed by atoms with E-state index >= 15 is 0 Å². The maximum atomic E-state index is 11.9. The van der Waals surface area contributed by atoms with E-state index in [2.05, 4.69) is 9.97 Å². The van der Waals surface area contributed by atoms with Gasteiger partial charge in [0.05, 0.1) is 11.4 Å². The topological polar surface area (TPSA) is 66.0 Å². The highest BCUT2D eigenvalue weighted by atomic mass is 32.1. The van der Waals surface area contributed by atoms with Crippen molar-refractivity contribution in [3.8, 4) is 27.7 Å². The number of phenolic OH excluding ortho intramolecular Hbond substituents is 1. The first kappa shape index (κ1) is 15.5. The molecule has 0 bridgehead atoms. The second-order valence-electron chi connectivity index (χ2n) is 5.48. The zero-order chi connectivity index (χ0) is 16.6. The standard InChI is InChI=1S/C18H18N2O2S/c1-4-14-16(11(3)21)10(2)19-17(14)15-9-23-18(20-15)12-6-5-7-13(22)8-12/h5-9,19,22H,4H2,1-3H3. The average Bonchev–Trinajstić information content (AvgIpc) is 3.11. The van der Waals surface area contributed by atoms with Crippen LogP contribution in [0.3, 0.4) is 0 Å². The van der Waals surface area contributed by atoms with Gasteiger partial charge >= 0.3 is 0 Å². The van der Waals surface area contributed by atoms with Gasteiger partial charge in [0.15, 0.2) is 5.78 Å². The molecule has 0 atom stereocenters. The first-order chi connectivity index (χ1) is 11.0. The van der Waals surface area contributed by atoms with Crippen LogP contribution in [0.5, 0.6) is 5.75 Å². The number of rotatable bonds is 4. The maximum Gasteiger partial charge on any atom is 0.161 e. The number of aryl methyl sites for hydroxylation is 1. The minimum Gasteiger partial charge on any atom is -0.508 e. The van der Waals surface area contributed by atoms with Gasteiger partial charge in [0.1, 0.15) is 10.8 Å². The van der Waals surface area contributed by atoms with E-state index < -0.39 is 0 Å². The molecule has 0 aliphatic rings. The molecule has 1 aromatic carbocycles. The van der Waals surface area contributed by atoms with E-state index in [1.165, 1.54) is 11.3 Å². The summed E-state index contributed by atoms with van der Waals surface area (Å²) in [5, 5.41) is 12.4. The quantitative estimate of drug-likeness (QED) is 0.689. The molecule has 0 saturated carbocycles. The second-order valence-corrected chi connectivity index (χ2v) is 6.33. The van der Waals surface area contributed by atoms with Gasteiger partial charge in [-0.05, 0) is 38.0 Å². The molecule has 0 aliphatic heterocycles. The Kier molecular flexibility index (Phi) is 4.05. The number of aromatic amines is 1. The van der Waals surface area contributed by atoms with E-state index in [0.717, 1.165) is 45.2 Å². The summed E-state index contributed by atoms with van der Waals surface area (Å²) in [7, 11) is 0. The third-order valence-electron chi connectivity index (χ3n) is 3.85. The fraction of sp³-hybridized carbons (Fsp3) is 0.222. The molecule has 0 spiro atoms. The maximum absolute atomic E-state index is 11.9. The number of thiazole rings is 1. The molecule has 0 radical (unpaired) electrons. The van der Waals surface area contributed by atoms with Gasteiger partial charge in [-0.25, -0.2) is 4.98 Å². The van der Waals surface area contributed by atoms with Gasteiger partial charge in [0.2, 0.25) is 0 Å². The number of ketones is 1. The minimum atomic E-state index is 0.0743. The summed E-state index contributed by atoms with van der Waals surface area (Å²) in [5.74, 6) is 0.299. The number of carbonyl (C=O) groups is 1. The third kappa shape index (κ3) is 2.80. The SMILES string of the molecule is CCc1c(-c2csc(-c3cccc(O)c3)n2)[nH]c(C)c1C(C)=O. The van der Waals surface area contributed by atoms with Crippen molar-refractivity contribution >= 4 is 17.1 Å². The van der Waals surface area contributed by atoms with Gasteiger partial charge in [-0.3, -0.25) is 4.79 Å². The molecule has 0 saturated heterocycles. The number of aromatic hydroxyl groups is 1. The molecule has 0 unspecified atom stereocenters. The van der Waals surface area contributed by atoms with Crippen LogP contribution in [0.1, 0.15) is 35.5 Å². The number of carbonyl (C=O) groups excluding carboxylic acids is 1.